The molecular formula is C11H9BrFNO2. The molecule has 0 radical (unpaired) electrons. The normalized spacial score (nSPS) is 9.62. The number of halogens is 2. The number of carbonyl (C=O) groups is 1. The Morgan fingerprint density at radius 3 is 2.88 bits per heavy atom. The van der Waals surface area contributed by atoms with Crippen molar-refractivity contribution >= 4 is 21.9 Å². The lowest BCUT2D eigenvalue weighted by Crippen LogP contribution is -2.09. The number of rotatable bonds is 3. The summed E-state index contributed by atoms with van der Waals surface area (Å²) in [6, 6.07) is 4.16. The molecule has 0 aromatic heterocycles. The fourth-order valence-corrected chi connectivity index (χ4v) is 1.81. The number of ether oxygens (including phenoxy) is 1. The van der Waals surface area contributed by atoms with Gasteiger partial charge in [0.2, 0.25) is 0 Å². The van der Waals surface area contributed by atoms with Crippen molar-refractivity contribution in [3.63, 3.8) is 0 Å². The van der Waals surface area contributed by atoms with E-state index in [2.05, 4.69) is 15.9 Å². The SMILES string of the molecule is CCOC(=O)Cc1c(Br)cc(F)cc1C#N. The van der Waals surface area contributed by atoms with Crippen LogP contribution in [0.4, 0.5) is 4.39 Å². The minimum Gasteiger partial charge on any atom is -0.466 e. The topological polar surface area (TPSA) is 50.1 Å². The third-order valence-corrected chi connectivity index (χ3v) is 2.61. The molecule has 84 valence electrons. The molecule has 0 unspecified atom stereocenters. The molecule has 16 heavy (non-hydrogen) atoms. The van der Waals surface area contributed by atoms with Gasteiger partial charge in [-0.1, -0.05) is 15.9 Å². The zero-order valence-corrected chi connectivity index (χ0v) is 10.2. The number of hydrogen-bond donors (Lipinski definition) is 0. The number of nitriles is 1. The lowest BCUT2D eigenvalue weighted by atomic mass is 10.1. The minimum absolute atomic E-state index is 0.0441. The summed E-state index contributed by atoms with van der Waals surface area (Å²) < 4.78 is 18.2. The van der Waals surface area contributed by atoms with E-state index in [1.807, 2.05) is 6.07 Å². The minimum atomic E-state index is -0.518. The highest BCUT2D eigenvalue weighted by Gasteiger charge is 2.13. The molecule has 0 aliphatic rings. The Morgan fingerprint density at radius 1 is 1.62 bits per heavy atom. The zero-order valence-electron chi connectivity index (χ0n) is 8.59. The monoisotopic (exact) mass is 285 g/mol. The summed E-state index contributed by atoms with van der Waals surface area (Å²) in [5.74, 6) is -0.956. The number of esters is 1. The largest absolute Gasteiger partial charge is 0.466 e. The van der Waals surface area contributed by atoms with Gasteiger partial charge < -0.3 is 4.74 Å². The van der Waals surface area contributed by atoms with Gasteiger partial charge in [-0.25, -0.2) is 4.39 Å². The van der Waals surface area contributed by atoms with E-state index < -0.39 is 11.8 Å². The van der Waals surface area contributed by atoms with E-state index in [1.54, 1.807) is 6.92 Å². The van der Waals surface area contributed by atoms with Gasteiger partial charge in [0.1, 0.15) is 5.82 Å². The molecule has 0 bridgehead atoms. The molecule has 0 saturated heterocycles. The second-order valence-electron chi connectivity index (χ2n) is 3.01. The number of carbonyl (C=O) groups excluding carboxylic acids is 1. The van der Waals surface area contributed by atoms with E-state index in [1.165, 1.54) is 6.07 Å². The number of nitrogens with zero attached hydrogens (tertiary/aromatic N) is 1. The van der Waals surface area contributed by atoms with Crippen LogP contribution < -0.4 is 0 Å². The van der Waals surface area contributed by atoms with Crippen LogP contribution >= 0.6 is 15.9 Å². The third kappa shape index (κ3) is 3.04. The van der Waals surface area contributed by atoms with Crippen LogP contribution in [0.2, 0.25) is 0 Å². The van der Waals surface area contributed by atoms with Gasteiger partial charge in [-0.15, -0.1) is 0 Å². The van der Waals surface area contributed by atoms with Gasteiger partial charge in [0.25, 0.3) is 0 Å². The van der Waals surface area contributed by atoms with Gasteiger partial charge in [-0.2, -0.15) is 5.26 Å². The van der Waals surface area contributed by atoms with Gasteiger partial charge in [0.15, 0.2) is 0 Å². The molecule has 1 aromatic carbocycles. The summed E-state index contributed by atoms with van der Waals surface area (Å²) in [7, 11) is 0. The van der Waals surface area contributed by atoms with Crippen LogP contribution in [0.15, 0.2) is 16.6 Å². The fourth-order valence-electron chi connectivity index (χ4n) is 1.24. The average Bonchev–Trinajstić information content (AvgIpc) is 2.22. The first-order chi connectivity index (χ1) is 7.58. The smallest absolute Gasteiger partial charge is 0.310 e. The number of benzene rings is 1. The van der Waals surface area contributed by atoms with Gasteiger partial charge in [-0.05, 0) is 24.6 Å². The zero-order chi connectivity index (χ0) is 12.1. The van der Waals surface area contributed by atoms with Gasteiger partial charge in [0.05, 0.1) is 24.7 Å². The van der Waals surface area contributed by atoms with E-state index in [9.17, 15) is 9.18 Å². The maximum atomic E-state index is 13.0. The van der Waals surface area contributed by atoms with Gasteiger partial charge in [-0.3, -0.25) is 4.79 Å². The van der Waals surface area contributed by atoms with E-state index in [0.717, 1.165) is 6.07 Å². The highest BCUT2D eigenvalue weighted by Crippen LogP contribution is 2.23. The molecule has 1 rings (SSSR count). The molecule has 5 heteroatoms. The van der Waals surface area contributed by atoms with Crippen molar-refractivity contribution in [3.8, 4) is 6.07 Å². The summed E-state index contributed by atoms with van der Waals surface area (Å²) >= 11 is 3.12. The first-order valence-electron chi connectivity index (χ1n) is 4.62. The Balaban J connectivity index is 3.04. The quantitative estimate of drug-likeness (QED) is 0.802. The van der Waals surface area contributed by atoms with Gasteiger partial charge in [0, 0.05) is 4.47 Å². The van der Waals surface area contributed by atoms with Crippen LogP contribution in [0, 0.1) is 17.1 Å². The Hall–Kier alpha value is -1.41. The average molecular weight is 286 g/mol. The highest BCUT2D eigenvalue weighted by molar-refractivity contribution is 9.10. The molecule has 3 nitrogen and oxygen atoms in total. The molecule has 0 aliphatic heterocycles. The van der Waals surface area contributed by atoms with Crippen molar-refractivity contribution in [1.29, 1.82) is 5.26 Å². The molecule has 0 spiro atoms. The van der Waals surface area contributed by atoms with Crippen molar-refractivity contribution in [2.75, 3.05) is 6.61 Å². The summed E-state index contributed by atoms with van der Waals surface area (Å²) in [6.45, 7) is 1.97. The molecule has 0 N–H and O–H groups in total. The van der Waals surface area contributed by atoms with Crippen molar-refractivity contribution in [3.05, 3.63) is 33.5 Å². The lowest BCUT2D eigenvalue weighted by molar-refractivity contribution is -0.142. The first kappa shape index (κ1) is 12.7. The van der Waals surface area contributed by atoms with Gasteiger partial charge >= 0.3 is 5.97 Å². The van der Waals surface area contributed by atoms with Crippen molar-refractivity contribution in [2.45, 2.75) is 13.3 Å². The van der Waals surface area contributed by atoms with Crippen molar-refractivity contribution in [1.82, 2.24) is 0 Å². The van der Waals surface area contributed by atoms with E-state index >= 15 is 0 Å². The first-order valence-corrected chi connectivity index (χ1v) is 5.41. The third-order valence-electron chi connectivity index (χ3n) is 1.91. The summed E-state index contributed by atoms with van der Waals surface area (Å²) in [5, 5.41) is 8.82. The summed E-state index contributed by atoms with van der Waals surface area (Å²) in [6.07, 6.45) is -0.0441. The second-order valence-corrected chi connectivity index (χ2v) is 3.86. The summed E-state index contributed by atoms with van der Waals surface area (Å²) in [5.41, 5.74) is 0.585. The molecule has 0 amide bonds. The highest BCUT2D eigenvalue weighted by atomic mass is 79.9. The van der Waals surface area contributed by atoms with Crippen LogP contribution in [0.3, 0.4) is 0 Å². The molecule has 0 fully saturated rings. The molecular weight excluding hydrogens is 277 g/mol. The molecule has 1 aromatic rings. The summed E-state index contributed by atoms with van der Waals surface area (Å²) in [4.78, 5) is 11.3. The van der Waals surface area contributed by atoms with E-state index in [0.29, 0.717) is 10.0 Å². The molecule has 0 saturated carbocycles. The standard InChI is InChI=1S/C11H9BrFNO2/c1-2-16-11(15)5-9-7(6-14)3-8(13)4-10(9)12/h3-4H,2,5H2,1H3. The van der Waals surface area contributed by atoms with Crippen molar-refractivity contribution in [2.24, 2.45) is 0 Å². The number of hydrogen-bond acceptors (Lipinski definition) is 3. The van der Waals surface area contributed by atoms with E-state index in [-0.39, 0.29) is 18.6 Å². The van der Waals surface area contributed by atoms with Crippen LogP contribution in [-0.2, 0) is 16.0 Å². The molecule has 0 aliphatic carbocycles. The predicted molar refractivity (Wildman–Crippen MR) is 59.2 cm³/mol. The van der Waals surface area contributed by atoms with E-state index in [4.69, 9.17) is 10.00 Å². The second kappa shape index (κ2) is 5.61. The Labute approximate surface area is 101 Å². The molecule has 0 heterocycles. The van der Waals surface area contributed by atoms with Crippen LogP contribution in [-0.4, -0.2) is 12.6 Å². The van der Waals surface area contributed by atoms with Crippen molar-refractivity contribution < 1.29 is 13.9 Å². The Bertz CT molecular complexity index is 454. The Kier molecular flexibility index (Phi) is 4.44. The molecule has 0 atom stereocenters. The maximum absolute atomic E-state index is 13.0. The lowest BCUT2D eigenvalue weighted by Gasteiger charge is -2.06. The van der Waals surface area contributed by atoms with Crippen LogP contribution in [0.1, 0.15) is 18.1 Å². The Morgan fingerprint density at radius 2 is 2.31 bits per heavy atom. The van der Waals surface area contributed by atoms with Crippen LogP contribution in [0.25, 0.3) is 0 Å². The predicted octanol–water partition coefficient (Wildman–Crippen LogP) is 2.57. The maximum Gasteiger partial charge on any atom is 0.310 e. The van der Waals surface area contributed by atoms with Crippen LogP contribution in [0.5, 0.6) is 0 Å². The fraction of sp³-hybridized carbons (Fsp3) is 0.273.